The summed E-state index contributed by atoms with van der Waals surface area (Å²) in [6.45, 7) is 10.9. The zero-order valence-corrected chi connectivity index (χ0v) is 19.1. The number of rotatable bonds is 8. The van der Waals surface area contributed by atoms with Gasteiger partial charge in [-0.05, 0) is 38.1 Å². The highest BCUT2D eigenvalue weighted by Gasteiger charge is 2.25. The summed E-state index contributed by atoms with van der Waals surface area (Å²) in [4.78, 5) is 11.8. The monoisotopic (exact) mass is 423 g/mol. The second kappa shape index (κ2) is 12.9. The second-order valence-corrected chi connectivity index (χ2v) is 8.43. The summed E-state index contributed by atoms with van der Waals surface area (Å²) in [6.07, 6.45) is 12.7. The fourth-order valence-corrected chi connectivity index (χ4v) is 4.09. The minimum Gasteiger partial charge on any atom is -0.387 e. The maximum Gasteiger partial charge on any atom is 0.119 e. The van der Waals surface area contributed by atoms with Crippen LogP contribution in [0.2, 0.25) is 0 Å². The molecule has 1 fully saturated rings. The summed E-state index contributed by atoms with van der Waals surface area (Å²) in [5.74, 6) is 0. The van der Waals surface area contributed by atoms with E-state index in [4.69, 9.17) is 17.3 Å². The van der Waals surface area contributed by atoms with E-state index in [1.807, 2.05) is 26.2 Å². The van der Waals surface area contributed by atoms with Crippen LogP contribution in [0.4, 0.5) is 0 Å². The molecule has 1 unspecified atom stereocenters. The molecule has 1 aliphatic rings. The van der Waals surface area contributed by atoms with Crippen molar-refractivity contribution in [1.29, 1.82) is 0 Å². The van der Waals surface area contributed by atoms with Gasteiger partial charge in [-0.2, -0.15) is 0 Å². The molecule has 0 aliphatic carbocycles. The Kier molecular flexibility index (Phi) is 11.3. The average molecular weight is 424 g/mol. The van der Waals surface area contributed by atoms with Crippen LogP contribution in [0.5, 0.6) is 0 Å². The Morgan fingerprint density at radius 1 is 1.39 bits per heavy atom. The number of nitrogens with one attached hydrogen (secondary N) is 1. The molecule has 0 spiro atoms. The van der Waals surface area contributed by atoms with Gasteiger partial charge in [0.15, 0.2) is 0 Å². The van der Waals surface area contributed by atoms with Crippen molar-refractivity contribution >= 4 is 34.6 Å². The Morgan fingerprint density at radius 2 is 2.14 bits per heavy atom. The SMILES string of the molecule is C=C/C(SC(/C=N\C)=N/C=C/N1CCCC(C)(CN)CC1)=C(Cl)\C(=C/C)NC. The smallest absolute Gasteiger partial charge is 0.119 e. The predicted molar refractivity (Wildman–Crippen MR) is 127 cm³/mol. The van der Waals surface area contributed by atoms with Gasteiger partial charge in [0, 0.05) is 50.2 Å². The van der Waals surface area contributed by atoms with Gasteiger partial charge in [-0.3, -0.25) is 4.99 Å². The number of allylic oxidation sites excluding steroid dienone is 3. The first-order chi connectivity index (χ1) is 13.4. The quantitative estimate of drug-likeness (QED) is 0.342. The molecule has 0 bridgehead atoms. The Bertz CT molecular complexity index is 666. The Labute approximate surface area is 179 Å². The van der Waals surface area contributed by atoms with Crippen LogP contribution >= 0.6 is 23.4 Å². The first kappa shape index (κ1) is 24.5. The molecule has 0 saturated carbocycles. The van der Waals surface area contributed by atoms with Crippen molar-refractivity contribution < 1.29 is 0 Å². The van der Waals surface area contributed by atoms with Crippen LogP contribution in [0.15, 0.2) is 56.8 Å². The number of likely N-dealkylation sites (tertiary alicyclic amines) is 1. The molecule has 0 amide bonds. The van der Waals surface area contributed by atoms with Crippen LogP contribution < -0.4 is 11.1 Å². The summed E-state index contributed by atoms with van der Waals surface area (Å²) in [6, 6.07) is 0. The first-order valence-electron chi connectivity index (χ1n) is 9.58. The van der Waals surface area contributed by atoms with Gasteiger partial charge in [-0.25, -0.2) is 4.99 Å². The van der Waals surface area contributed by atoms with Gasteiger partial charge in [-0.1, -0.05) is 49.0 Å². The maximum absolute atomic E-state index is 6.49. The molecule has 1 heterocycles. The highest BCUT2D eigenvalue weighted by Crippen LogP contribution is 2.30. The van der Waals surface area contributed by atoms with Gasteiger partial charge in [0.2, 0.25) is 0 Å². The van der Waals surface area contributed by atoms with Crippen LogP contribution in [0.25, 0.3) is 0 Å². The Morgan fingerprint density at radius 3 is 2.71 bits per heavy atom. The Balaban J connectivity index is 2.90. The molecule has 0 aromatic rings. The third-order valence-corrected chi connectivity index (χ3v) is 6.38. The highest BCUT2D eigenvalue weighted by atomic mass is 35.5. The fourth-order valence-electron chi connectivity index (χ4n) is 2.91. The number of hydrogen-bond donors (Lipinski definition) is 2. The number of nitrogens with zero attached hydrogens (tertiary/aromatic N) is 3. The number of likely N-dealkylation sites (N-methyl/N-ethyl adjacent to an activating group) is 1. The van der Waals surface area contributed by atoms with E-state index < -0.39 is 0 Å². The summed E-state index contributed by atoms with van der Waals surface area (Å²) < 4.78 is 0. The average Bonchev–Trinajstić information content (AvgIpc) is 2.89. The molecule has 0 radical (unpaired) electrons. The van der Waals surface area contributed by atoms with Gasteiger partial charge in [0.1, 0.15) is 5.04 Å². The fraction of sp³-hybridized carbons (Fsp3) is 0.524. The molecule has 1 aliphatic heterocycles. The van der Waals surface area contributed by atoms with E-state index in [0.717, 1.165) is 48.1 Å². The molecule has 28 heavy (non-hydrogen) atoms. The van der Waals surface area contributed by atoms with Crippen LogP contribution in [-0.4, -0.2) is 49.9 Å². The van der Waals surface area contributed by atoms with Crippen LogP contribution in [0.1, 0.15) is 33.1 Å². The Hall–Kier alpha value is -1.50. The predicted octanol–water partition coefficient (Wildman–Crippen LogP) is 4.50. The number of aliphatic imine (C=N–C) groups is 2. The second-order valence-electron chi connectivity index (χ2n) is 6.99. The third-order valence-electron chi connectivity index (χ3n) is 4.85. The van der Waals surface area contributed by atoms with E-state index in [1.54, 1.807) is 19.3 Å². The van der Waals surface area contributed by atoms with E-state index in [2.05, 4.69) is 39.9 Å². The van der Waals surface area contributed by atoms with E-state index >= 15 is 0 Å². The molecule has 5 nitrogen and oxygen atoms in total. The van der Waals surface area contributed by atoms with Gasteiger partial charge in [-0.15, -0.1) is 0 Å². The zero-order valence-electron chi connectivity index (χ0n) is 17.5. The molecule has 0 aromatic carbocycles. The topological polar surface area (TPSA) is 66.0 Å². The van der Waals surface area contributed by atoms with Gasteiger partial charge in [0.05, 0.1) is 11.2 Å². The van der Waals surface area contributed by atoms with E-state index in [0.29, 0.717) is 5.03 Å². The number of thioether (sulfide) groups is 1. The minimum atomic E-state index is 0.250. The molecule has 1 rings (SSSR count). The van der Waals surface area contributed by atoms with Gasteiger partial charge < -0.3 is 16.0 Å². The minimum absolute atomic E-state index is 0.250. The molecular formula is C21H34ClN5S. The number of halogens is 1. The number of hydrogen-bond acceptors (Lipinski definition) is 6. The molecule has 7 heteroatoms. The van der Waals surface area contributed by atoms with Crippen molar-refractivity contribution in [1.82, 2.24) is 10.2 Å². The van der Waals surface area contributed by atoms with Gasteiger partial charge in [0.25, 0.3) is 0 Å². The van der Waals surface area contributed by atoms with Crippen LogP contribution in [0, 0.1) is 5.41 Å². The lowest BCUT2D eigenvalue weighted by atomic mass is 9.83. The summed E-state index contributed by atoms with van der Waals surface area (Å²) in [5, 5.41) is 4.44. The molecule has 0 aromatic heterocycles. The van der Waals surface area contributed by atoms with Gasteiger partial charge >= 0.3 is 0 Å². The normalized spacial score (nSPS) is 23.1. The first-order valence-corrected chi connectivity index (χ1v) is 10.8. The largest absolute Gasteiger partial charge is 0.387 e. The van der Waals surface area contributed by atoms with Crippen LogP contribution in [-0.2, 0) is 0 Å². The van der Waals surface area contributed by atoms with E-state index in [9.17, 15) is 0 Å². The lowest BCUT2D eigenvalue weighted by Gasteiger charge is -2.25. The van der Waals surface area contributed by atoms with Crippen molar-refractivity contribution in [2.24, 2.45) is 21.1 Å². The van der Waals surface area contributed by atoms with Crippen molar-refractivity contribution in [3.8, 4) is 0 Å². The van der Waals surface area contributed by atoms with Crippen molar-refractivity contribution in [3.63, 3.8) is 0 Å². The molecule has 156 valence electrons. The summed E-state index contributed by atoms with van der Waals surface area (Å²) >= 11 is 7.93. The zero-order chi connectivity index (χ0) is 21.0. The lowest BCUT2D eigenvalue weighted by molar-refractivity contribution is 0.285. The summed E-state index contributed by atoms with van der Waals surface area (Å²) in [5.41, 5.74) is 7.04. The van der Waals surface area contributed by atoms with Crippen LogP contribution in [0.3, 0.4) is 0 Å². The van der Waals surface area contributed by atoms with E-state index in [1.165, 1.54) is 18.2 Å². The molecule has 1 atom stereocenters. The highest BCUT2D eigenvalue weighted by molar-refractivity contribution is 8.18. The summed E-state index contributed by atoms with van der Waals surface area (Å²) in [7, 11) is 3.57. The lowest BCUT2D eigenvalue weighted by Crippen LogP contribution is -2.28. The molecular weight excluding hydrogens is 390 g/mol. The van der Waals surface area contributed by atoms with Crippen molar-refractivity contribution in [3.05, 3.63) is 46.8 Å². The van der Waals surface area contributed by atoms with Crippen molar-refractivity contribution in [2.75, 3.05) is 33.7 Å². The van der Waals surface area contributed by atoms with Crippen molar-refractivity contribution in [2.45, 2.75) is 33.1 Å². The molecule has 3 N–H and O–H groups in total. The third kappa shape index (κ3) is 7.86. The molecule has 1 saturated heterocycles. The van der Waals surface area contributed by atoms with E-state index in [-0.39, 0.29) is 5.41 Å². The maximum atomic E-state index is 6.49. The number of nitrogens with two attached hydrogens (primary N) is 1. The standard InChI is InChI=1S/C21H34ClN5S/c1-6-17(25-5)20(22)18(7-2)28-19(15-24-4)26-11-14-27-12-8-9-21(3,16-23)10-13-27/h6-7,11,14-15,25H,2,8-10,12-13,16,23H2,1,3-5H3/b14-11+,17-6+,20-18-,24-15-,26-19+.